The number of aromatic hydroxyl groups is 16. The van der Waals surface area contributed by atoms with Crippen LogP contribution in [-0.2, 0) is 28.7 Å². The monoisotopic (exact) mass is 928 g/mol. The van der Waals surface area contributed by atoms with Crippen LogP contribution in [0.3, 0.4) is 0 Å². The van der Waals surface area contributed by atoms with E-state index in [1.165, 1.54) is 0 Å². The molecule has 0 spiro atoms. The number of fused-ring (bicyclic) bond motifs is 2. The predicted molar refractivity (Wildman–Crippen MR) is 221 cm³/mol. The molecule has 8 rings (SSSR count). The van der Waals surface area contributed by atoms with Crippen LogP contribution in [0.4, 0.5) is 0 Å². The number of esters is 2. The van der Waals surface area contributed by atoms with E-state index in [0.717, 1.165) is 60.7 Å². The Hall–Kier alpha value is -9.34. The van der Waals surface area contributed by atoms with Gasteiger partial charge in [-0.2, -0.15) is 0 Å². The minimum absolute atomic E-state index is 0.135. The second-order valence-corrected chi connectivity index (χ2v) is 15.5. The Balaban J connectivity index is 1.22. The molecule has 16 N–H and O–H groups in total. The number of phenolic OH excluding ortho intramolecular Hbond substituents is 16. The lowest BCUT2D eigenvalue weighted by Gasteiger charge is -2.36. The summed E-state index contributed by atoms with van der Waals surface area (Å²) in [6.45, 7) is 0. The van der Waals surface area contributed by atoms with Crippen molar-refractivity contribution < 1.29 is 110 Å². The SMILES string of the molecule is O=C(O[C@H]1Cc2c(O)cc(O)c(Cc3c(O)cc(O)c4c3O[C@H](c3cc(O)c(O)c(O)c3)[C@@H](OC(=O)c3cc(O)c(O)c(O)c3)C4)c2O[C@@H]1c1cc(O)c(O)c(O)c1)c1cc(O)c(O)c(O)c1. The lowest BCUT2D eigenvalue weighted by Crippen LogP contribution is -2.35. The first-order valence-electron chi connectivity index (χ1n) is 19.5. The number of carbonyl (C=O) groups excluding carboxylic acids is 2. The number of hydrogen-bond acceptors (Lipinski definition) is 22. The van der Waals surface area contributed by atoms with Crippen molar-refractivity contribution in [3.8, 4) is 103 Å². The molecule has 6 aromatic carbocycles. The number of benzene rings is 6. The maximum atomic E-state index is 13.4. The Morgan fingerprint density at radius 2 is 0.687 bits per heavy atom. The van der Waals surface area contributed by atoms with E-state index in [9.17, 15) is 91.3 Å². The maximum Gasteiger partial charge on any atom is 0.338 e. The molecule has 2 aliphatic heterocycles. The third-order valence-electron chi connectivity index (χ3n) is 11.2. The van der Waals surface area contributed by atoms with Gasteiger partial charge in [0.25, 0.3) is 0 Å². The standard InChI is InChI=1S/C45H36O22/c46-22-12-24(48)20-10-34(64-44(62)16-5-30(54)38(60)31(55)6-16)40(14-1-26(50)36(58)27(51)2-14)66-42(20)18(22)9-19-23(47)13-25(49)21-11-35(65-45(63)17-7-32(56)39(61)33(57)8-17)41(67-43(19)21)15-3-28(52)37(59)29(53)4-15/h1-8,12-13,34-35,40-41,46-61H,9-11H2/t34-,35-,40+,41+/m0/s1. The molecular formula is C45H36O22. The first-order valence-corrected chi connectivity index (χ1v) is 19.5. The molecule has 0 amide bonds. The van der Waals surface area contributed by atoms with Crippen LogP contribution in [0.1, 0.15) is 66.3 Å². The van der Waals surface area contributed by atoms with E-state index in [-0.39, 0.29) is 44.9 Å². The average Bonchev–Trinajstić information content (AvgIpc) is 3.27. The normalized spacial score (nSPS) is 17.3. The third-order valence-corrected chi connectivity index (χ3v) is 11.2. The fourth-order valence-electron chi connectivity index (χ4n) is 7.86. The number of rotatable bonds is 8. The first kappa shape index (κ1) is 44.3. The highest BCUT2D eigenvalue weighted by atomic mass is 16.6. The summed E-state index contributed by atoms with van der Waals surface area (Å²) in [4.78, 5) is 26.9. The number of carbonyl (C=O) groups is 2. The highest BCUT2D eigenvalue weighted by Crippen LogP contribution is 2.53. The lowest BCUT2D eigenvalue weighted by atomic mass is 9.87. The molecular weight excluding hydrogens is 892 g/mol. The molecule has 4 atom stereocenters. The molecule has 0 bridgehead atoms. The molecule has 22 nitrogen and oxygen atoms in total. The van der Waals surface area contributed by atoms with E-state index >= 15 is 0 Å². The summed E-state index contributed by atoms with van der Waals surface area (Å²) in [6.07, 6.45) is -7.75. The molecule has 22 heteroatoms. The average molecular weight is 929 g/mol. The van der Waals surface area contributed by atoms with Gasteiger partial charge in [0, 0.05) is 64.8 Å². The molecule has 0 aromatic heterocycles. The minimum Gasteiger partial charge on any atom is -0.507 e. The van der Waals surface area contributed by atoms with Crippen molar-refractivity contribution in [3.05, 3.63) is 105 Å². The summed E-state index contributed by atoms with van der Waals surface area (Å²) in [5.74, 6) is -16.4. The van der Waals surface area contributed by atoms with E-state index in [1.54, 1.807) is 0 Å². The maximum absolute atomic E-state index is 13.4. The molecule has 67 heavy (non-hydrogen) atoms. The predicted octanol–water partition coefficient (Wildman–Crippen LogP) is 4.37. The Labute approximate surface area is 373 Å². The molecule has 0 saturated heterocycles. The molecule has 0 unspecified atom stereocenters. The van der Waals surface area contributed by atoms with Crippen molar-refractivity contribution in [1.82, 2.24) is 0 Å². The molecule has 2 heterocycles. The Morgan fingerprint density at radius 1 is 0.403 bits per heavy atom. The van der Waals surface area contributed by atoms with Crippen LogP contribution in [0.5, 0.6) is 103 Å². The topological polar surface area (TPSA) is 395 Å². The van der Waals surface area contributed by atoms with Gasteiger partial charge in [0.1, 0.15) is 46.7 Å². The number of hydrogen-bond donors (Lipinski definition) is 16. The number of phenols is 16. The summed E-state index contributed by atoms with van der Waals surface area (Å²) in [7, 11) is 0. The lowest BCUT2D eigenvalue weighted by molar-refractivity contribution is -0.0194. The fourth-order valence-corrected chi connectivity index (χ4v) is 7.86. The first-order chi connectivity index (χ1) is 31.6. The van der Waals surface area contributed by atoms with Crippen molar-refractivity contribution in [1.29, 1.82) is 0 Å². The van der Waals surface area contributed by atoms with E-state index < -0.39 is 159 Å². The fraction of sp³-hybridized carbons (Fsp3) is 0.156. The molecule has 0 radical (unpaired) electrons. The van der Waals surface area contributed by atoms with Gasteiger partial charge in [0.2, 0.25) is 0 Å². The Bertz CT molecular complexity index is 2760. The zero-order valence-electron chi connectivity index (χ0n) is 33.8. The van der Waals surface area contributed by atoms with Gasteiger partial charge in [0.05, 0.1) is 11.1 Å². The summed E-state index contributed by atoms with van der Waals surface area (Å²) in [5.41, 5.74) is -1.95. The van der Waals surface area contributed by atoms with Crippen LogP contribution < -0.4 is 9.47 Å². The Kier molecular flexibility index (Phi) is 10.8. The summed E-state index contributed by atoms with van der Waals surface area (Å²) in [5, 5.41) is 167. The van der Waals surface area contributed by atoms with Gasteiger partial charge in [-0.05, 0) is 48.5 Å². The highest BCUT2D eigenvalue weighted by Gasteiger charge is 2.42. The number of ether oxygens (including phenoxy) is 4. The third kappa shape index (κ3) is 7.87. The molecule has 0 aliphatic carbocycles. The van der Waals surface area contributed by atoms with Crippen molar-refractivity contribution in [2.75, 3.05) is 0 Å². The van der Waals surface area contributed by atoms with E-state index in [4.69, 9.17) is 18.9 Å². The second kappa shape index (κ2) is 16.3. The zero-order valence-corrected chi connectivity index (χ0v) is 33.8. The van der Waals surface area contributed by atoms with Crippen LogP contribution in [0.2, 0.25) is 0 Å². The zero-order chi connectivity index (χ0) is 48.5. The molecule has 0 saturated carbocycles. The van der Waals surface area contributed by atoms with Gasteiger partial charge >= 0.3 is 11.9 Å². The van der Waals surface area contributed by atoms with Gasteiger partial charge < -0.3 is 101 Å². The van der Waals surface area contributed by atoms with Gasteiger partial charge in [-0.25, -0.2) is 9.59 Å². The summed E-state index contributed by atoms with van der Waals surface area (Å²) >= 11 is 0. The van der Waals surface area contributed by atoms with Crippen molar-refractivity contribution in [2.24, 2.45) is 0 Å². The van der Waals surface area contributed by atoms with Crippen LogP contribution in [0, 0.1) is 0 Å². The largest absolute Gasteiger partial charge is 0.507 e. The molecule has 6 aromatic rings. The van der Waals surface area contributed by atoms with Crippen LogP contribution in [-0.4, -0.2) is 106 Å². The molecule has 2 aliphatic rings. The summed E-state index contributed by atoms with van der Waals surface area (Å²) in [6, 6.07) is 8.65. The van der Waals surface area contributed by atoms with Crippen molar-refractivity contribution >= 4 is 11.9 Å². The van der Waals surface area contributed by atoms with Crippen LogP contribution in [0.15, 0.2) is 60.7 Å². The summed E-state index contributed by atoms with van der Waals surface area (Å²) < 4.78 is 24.0. The highest BCUT2D eigenvalue weighted by molar-refractivity contribution is 5.92. The smallest absolute Gasteiger partial charge is 0.338 e. The Morgan fingerprint density at radius 3 is 0.985 bits per heavy atom. The quantitative estimate of drug-likeness (QED) is 0.0744. The van der Waals surface area contributed by atoms with Crippen molar-refractivity contribution in [2.45, 2.75) is 43.7 Å². The molecule has 348 valence electrons. The van der Waals surface area contributed by atoms with E-state index in [1.807, 2.05) is 0 Å². The second-order valence-electron chi connectivity index (χ2n) is 15.5. The van der Waals surface area contributed by atoms with E-state index in [0.29, 0.717) is 0 Å². The molecule has 0 fully saturated rings. The van der Waals surface area contributed by atoms with Gasteiger partial charge in [-0.1, -0.05) is 0 Å². The van der Waals surface area contributed by atoms with Crippen LogP contribution >= 0.6 is 0 Å². The van der Waals surface area contributed by atoms with Crippen molar-refractivity contribution in [3.63, 3.8) is 0 Å². The van der Waals surface area contributed by atoms with Gasteiger partial charge in [-0.3, -0.25) is 0 Å². The minimum atomic E-state index is -1.58. The van der Waals surface area contributed by atoms with Gasteiger partial charge in [-0.15, -0.1) is 0 Å². The van der Waals surface area contributed by atoms with Crippen LogP contribution in [0.25, 0.3) is 0 Å². The van der Waals surface area contributed by atoms with E-state index in [2.05, 4.69) is 0 Å². The van der Waals surface area contributed by atoms with Gasteiger partial charge in [0.15, 0.2) is 81.2 Å².